The molecule has 1 heterocycles. The smallest absolute Gasteiger partial charge is 0.336 e. The molecule has 0 unspecified atom stereocenters. The van der Waals surface area contributed by atoms with Crippen LogP contribution < -0.4 is 17.1 Å². The van der Waals surface area contributed by atoms with E-state index in [0.717, 1.165) is 52.2 Å². The van der Waals surface area contributed by atoms with Crippen LogP contribution in [0.4, 0.5) is 0 Å². The number of hydrogen-bond acceptors (Lipinski definition) is 7. The molecule has 0 N–H and O–H groups in total. The summed E-state index contributed by atoms with van der Waals surface area (Å²) in [5, 5.41) is 8.33. The second-order valence-corrected chi connectivity index (χ2v) is 7.04. The Bertz CT molecular complexity index is 915. The van der Waals surface area contributed by atoms with Gasteiger partial charge in [-0.15, -0.1) is 24.0 Å². The zero-order chi connectivity index (χ0) is 22.2. The summed E-state index contributed by atoms with van der Waals surface area (Å²) in [7, 11) is 0. The van der Waals surface area contributed by atoms with Crippen molar-refractivity contribution in [1.82, 2.24) is 13.7 Å². The molecule has 0 saturated heterocycles. The number of halogens is 1. The van der Waals surface area contributed by atoms with Gasteiger partial charge in [0, 0.05) is 14.5 Å². The van der Waals surface area contributed by atoms with E-state index in [1.807, 2.05) is 0 Å². The largest absolute Gasteiger partial charge is 0.428 e. The summed E-state index contributed by atoms with van der Waals surface area (Å²) in [5.74, 6) is 0. The van der Waals surface area contributed by atoms with Crippen LogP contribution in [0.15, 0.2) is 19.4 Å². The summed E-state index contributed by atoms with van der Waals surface area (Å²) in [6, 6.07) is 0. The van der Waals surface area contributed by atoms with Gasteiger partial charge in [-0.1, -0.05) is 39.0 Å². The van der Waals surface area contributed by atoms with Gasteiger partial charge in [-0.2, -0.15) is 5.26 Å². The van der Waals surface area contributed by atoms with Crippen molar-refractivity contribution < 1.29 is 11.0 Å². The van der Waals surface area contributed by atoms with Gasteiger partial charge in [0.05, 0.1) is 13.1 Å². The van der Waals surface area contributed by atoms with Crippen molar-refractivity contribution in [3.05, 3.63) is 31.5 Å². The van der Waals surface area contributed by atoms with E-state index in [0.29, 0.717) is 25.9 Å². The number of unbranched alkanes of at least 4 members (excludes halogenated alkanes) is 7. The Hall–Kier alpha value is -2.19. The number of aromatic nitrogens is 3. The third kappa shape index (κ3) is 10.1. The van der Waals surface area contributed by atoms with E-state index in [-0.39, 0.29) is 51.6 Å². The molecular weight excluding hydrogens is 517 g/mol. The minimum Gasteiger partial charge on any atom is -0.428 e. The first-order valence-corrected chi connectivity index (χ1v) is 10.6. The fraction of sp³-hybridized carbons (Fsp3) is 0.750. The Morgan fingerprint density at radius 3 is 1.81 bits per heavy atom. The molecule has 11 heteroatoms. The fourth-order valence-electron chi connectivity index (χ4n) is 3.17. The van der Waals surface area contributed by atoms with Gasteiger partial charge in [0.25, 0.3) is 6.26 Å². The first kappa shape index (κ1) is 28.8. The summed E-state index contributed by atoms with van der Waals surface area (Å²) in [6.45, 7) is 2.79. The Morgan fingerprint density at radius 2 is 1.32 bits per heavy atom. The van der Waals surface area contributed by atoms with Crippen LogP contribution in [0.3, 0.4) is 0 Å². The van der Waals surface area contributed by atoms with E-state index < -0.39 is 17.1 Å². The molecule has 0 spiro atoms. The lowest BCUT2D eigenvalue weighted by Gasteiger charge is -2.13. The van der Waals surface area contributed by atoms with Gasteiger partial charge in [0.1, 0.15) is 6.61 Å². The molecule has 0 aromatic carbocycles. The van der Waals surface area contributed by atoms with Crippen molar-refractivity contribution in [1.29, 1.82) is 5.26 Å². The van der Waals surface area contributed by atoms with Crippen molar-refractivity contribution in [2.45, 2.75) is 84.3 Å². The summed E-state index contributed by atoms with van der Waals surface area (Å²) in [4.78, 5) is 51.9. The van der Waals surface area contributed by atoms with Crippen molar-refractivity contribution in [2.75, 3.05) is 13.2 Å². The SMILES string of the molecule is CCCCCCCn1c(=O)n(CCCCCCOC#N)c(=O)n(CCN=C=O)c1=O.I.[3HH]. The summed E-state index contributed by atoms with van der Waals surface area (Å²) in [6.07, 6.45) is 10.7. The predicted octanol–water partition coefficient (Wildman–Crippen LogP) is 2.40. The average Bonchev–Trinajstić information content (AvgIpc) is 2.74. The molecule has 0 fully saturated rings. The minimum atomic E-state index is -0.679. The maximum atomic E-state index is 12.8. The highest BCUT2D eigenvalue weighted by Gasteiger charge is 2.15. The van der Waals surface area contributed by atoms with Crippen LogP contribution in [-0.4, -0.2) is 32.9 Å². The molecule has 176 valence electrons. The predicted molar refractivity (Wildman–Crippen MR) is 129 cm³/mol. The van der Waals surface area contributed by atoms with Crippen LogP contribution in [0, 0.1) is 11.5 Å². The van der Waals surface area contributed by atoms with Crippen molar-refractivity contribution in [2.24, 2.45) is 4.99 Å². The Labute approximate surface area is 200 Å². The molecule has 0 bridgehead atoms. The molecule has 0 radical (unpaired) electrons. The van der Waals surface area contributed by atoms with E-state index in [9.17, 15) is 19.2 Å². The number of nitriles is 1. The zero-order valence-electron chi connectivity index (χ0n) is 18.1. The van der Waals surface area contributed by atoms with Crippen molar-refractivity contribution in [3.8, 4) is 6.26 Å². The molecule has 0 aliphatic heterocycles. The topological polar surface area (TPSA) is 128 Å². The van der Waals surface area contributed by atoms with E-state index >= 15 is 0 Å². The van der Waals surface area contributed by atoms with Gasteiger partial charge in [0.15, 0.2) is 0 Å². The molecule has 0 amide bonds. The summed E-state index contributed by atoms with van der Waals surface area (Å²) >= 11 is 0. The molecule has 10 nitrogen and oxygen atoms in total. The molecule has 31 heavy (non-hydrogen) atoms. The molecular formula is C20H34IN5O5. The number of nitrogens with zero attached hydrogens (tertiary/aromatic N) is 5. The standard InChI is InChI=1S/C20H31N5O5.HI.H2/c1-2-3-4-5-8-12-23-18(27)24(13-9-6-7-10-15-30-16-21)20(29)25(19(23)28)14-11-22-17-26;;/h2-15H2,1H3;2*1H/i;;1+2. The van der Waals surface area contributed by atoms with E-state index in [2.05, 4.69) is 16.7 Å². The van der Waals surface area contributed by atoms with Gasteiger partial charge in [-0.05, 0) is 25.7 Å². The van der Waals surface area contributed by atoms with Gasteiger partial charge >= 0.3 is 17.1 Å². The number of hydrogen-bond donors (Lipinski definition) is 0. The molecule has 1 aromatic rings. The first-order valence-electron chi connectivity index (χ1n) is 10.6. The Morgan fingerprint density at radius 1 is 0.839 bits per heavy atom. The molecule has 1 rings (SSSR count). The lowest BCUT2D eigenvalue weighted by molar-refractivity contribution is 0.259. The lowest BCUT2D eigenvalue weighted by Crippen LogP contribution is -2.54. The van der Waals surface area contributed by atoms with Gasteiger partial charge in [-0.25, -0.2) is 37.9 Å². The van der Waals surface area contributed by atoms with Gasteiger partial charge in [-0.3, -0.25) is 0 Å². The fourth-order valence-corrected chi connectivity index (χ4v) is 3.17. The Kier molecular flexibility index (Phi) is 16.3. The van der Waals surface area contributed by atoms with Crippen molar-refractivity contribution in [3.63, 3.8) is 0 Å². The van der Waals surface area contributed by atoms with Crippen LogP contribution in [0.25, 0.3) is 0 Å². The number of carbonyl (C=O) groups excluding carboxylic acids is 1. The van der Waals surface area contributed by atoms with E-state index in [1.54, 1.807) is 6.26 Å². The summed E-state index contributed by atoms with van der Waals surface area (Å²) in [5.41, 5.74) is -1.93. The highest BCUT2D eigenvalue weighted by molar-refractivity contribution is 14.0. The third-order valence-electron chi connectivity index (χ3n) is 4.81. The maximum Gasteiger partial charge on any atom is 0.336 e. The van der Waals surface area contributed by atoms with Crippen LogP contribution in [0.1, 0.15) is 66.1 Å². The number of rotatable bonds is 16. The third-order valence-corrected chi connectivity index (χ3v) is 4.81. The molecule has 0 aliphatic carbocycles. The van der Waals surface area contributed by atoms with Crippen LogP contribution in [0.2, 0.25) is 0 Å². The zero-order valence-corrected chi connectivity index (χ0v) is 20.4. The summed E-state index contributed by atoms with van der Waals surface area (Å²) < 4.78 is 7.78. The van der Waals surface area contributed by atoms with Crippen LogP contribution >= 0.6 is 24.0 Å². The molecule has 0 atom stereocenters. The lowest BCUT2D eigenvalue weighted by atomic mass is 10.1. The van der Waals surface area contributed by atoms with Gasteiger partial charge < -0.3 is 4.74 Å². The number of isocyanates is 1. The van der Waals surface area contributed by atoms with Crippen molar-refractivity contribution >= 4 is 30.1 Å². The van der Waals surface area contributed by atoms with Crippen LogP contribution in [-0.2, 0) is 29.2 Å². The Balaban J connectivity index is 0. The highest BCUT2D eigenvalue weighted by atomic mass is 127. The normalized spacial score (nSPS) is 10.1. The number of aliphatic imine (C=N–C) groups is 1. The number of ether oxygens (including phenoxy) is 1. The quantitative estimate of drug-likeness (QED) is 0.102. The van der Waals surface area contributed by atoms with Gasteiger partial charge in [0.2, 0.25) is 6.08 Å². The molecule has 1 aromatic heterocycles. The second kappa shape index (κ2) is 17.5. The van der Waals surface area contributed by atoms with E-state index in [4.69, 9.17) is 5.26 Å². The average molecular weight is 553 g/mol. The highest BCUT2D eigenvalue weighted by Crippen LogP contribution is 2.03. The minimum absolute atomic E-state index is 0. The monoisotopic (exact) mass is 553 g/mol. The first-order chi connectivity index (χ1) is 14.6. The molecule has 0 aliphatic rings. The van der Waals surface area contributed by atoms with Crippen LogP contribution in [0.5, 0.6) is 0 Å². The molecule has 0 saturated carbocycles. The maximum absolute atomic E-state index is 12.8. The second-order valence-electron chi connectivity index (χ2n) is 7.04. The van der Waals surface area contributed by atoms with E-state index in [1.165, 1.54) is 6.08 Å².